The molecule has 0 saturated carbocycles. The largest absolute Gasteiger partial charge is 0.374 e. The molecule has 0 amide bonds. The lowest BCUT2D eigenvalue weighted by Crippen LogP contribution is -2.65. The zero-order valence-electron chi connectivity index (χ0n) is 23.7. The maximum Gasteiger partial charge on any atom is 0.242 e. The third kappa shape index (κ3) is 9.02. The molecular weight excluding hydrogens is 534 g/mol. The van der Waals surface area contributed by atoms with E-state index in [-0.39, 0.29) is 19.8 Å². The van der Waals surface area contributed by atoms with Gasteiger partial charge in [0, 0.05) is 4.91 Å². The van der Waals surface area contributed by atoms with E-state index in [0.29, 0.717) is 6.61 Å². The highest BCUT2D eigenvalue weighted by Gasteiger charge is 2.55. The van der Waals surface area contributed by atoms with Crippen LogP contribution in [-0.4, -0.2) is 49.9 Å². The lowest BCUT2D eigenvalue weighted by molar-refractivity contribution is -0.304. The summed E-state index contributed by atoms with van der Waals surface area (Å²) < 4.78 is 25.2. The maximum absolute atomic E-state index is 11.9. The summed E-state index contributed by atoms with van der Waals surface area (Å²) in [6.07, 6.45) is -2.39. The Morgan fingerprint density at radius 1 is 0.829 bits per heavy atom. The van der Waals surface area contributed by atoms with Crippen molar-refractivity contribution in [1.82, 2.24) is 0 Å². The van der Waals surface area contributed by atoms with E-state index in [1.807, 2.05) is 91.0 Å². The van der Waals surface area contributed by atoms with Crippen LogP contribution in [-0.2, 0) is 38.8 Å². The molecule has 3 aromatic rings. The van der Waals surface area contributed by atoms with Gasteiger partial charge in [0.05, 0.1) is 26.4 Å². The van der Waals surface area contributed by atoms with Crippen LogP contribution in [0.2, 0.25) is 19.6 Å². The Labute approximate surface area is 242 Å². The van der Waals surface area contributed by atoms with Crippen LogP contribution >= 0.6 is 0 Å². The molecule has 1 aliphatic heterocycles. The van der Waals surface area contributed by atoms with Crippen LogP contribution in [0.3, 0.4) is 0 Å². The van der Waals surface area contributed by atoms with E-state index in [2.05, 4.69) is 41.1 Å². The number of nitrogens with zero attached hydrogens (tertiary/aromatic N) is 3. The Balaban J connectivity index is 1.68. The van der Waals surface area contributed by atoms with Crippen molar-refractivity contribution < 1.29 is 24.1 Å². The average molecular weight is 572 g/mol. The predicted octanol–water partition coefficient (Wildman–Crippen LogP) is 6.02. The van der Waals surface area contributed by atoms with E-state index < -0.39 is 38.2 Å². The molecule has 4 rings (SSSR count). The summed E-state index contributed by atoms with van der Waals surface area (Å²) in [6, 6.07) is 28.0. The van der Waals surface area contributed by atoms with E-state index in [1.54, 1.807) is 0 Å². The minimum absolute atomic E-state index is 0.0967. The Kier molecular flexibility index (Phi) is 10.7. The fourth-order valence-electron chi connectivity index (χ4n) is 4.48. The molecule has 0 aromatic heterocycles. The van der Waals surface area contributed by atoms with Gasteiger partial charge < -0.3 is 24.1 Å². The highest BCUT2D eigenvalue weighted by molar-refractivity contribution is 6.83. The molecular formula is C32H37N3O5Si. The van der Waals surface area contributed by atoms with Crippen molar-refractivity contribution >= 4 is 8.07 Å². The lowest BCUT2D eigenvalue weighted by Gasteiger charge is -2.47. The van der Waals surface area contributed by atoms with E-state index in [4.69, 9.17) is 18.9 Å². The highest BCUT2D eigenvalue weighted by atomic mass is 28.3. The van der Waals surface area contributed by atoms with Gasteiger partial charge in [-0.05, 0) is 28.1 Å². The minimum Gasteiger partial charge on any atom is -0.374 e. The third-order valence-corrected chi connectivity index (χ3v) is 7.37. The Morgan fingerprint density at radius 3 is 1.80 bits per heavy atom. The molecule has 0 radical (unpaired) electrons. The van der Waals surface area contributed by atoms with Crippen LogP contribution in [0.5, 0.6) is 0 Å². The van der Waals surface area contributed by atoms with Crippen LogP contribution in [0.15, 0.2) is 96.1 Å². The molecule has 8 nitrogen and oxygen atoms in total. The molecule has 0 spiro atoms. The van der Waals surface area contributed by atoms with Gasteiger partial charge in [0.1, 0.15) is 32.4 Å². The summed E-state index contributed by atoms with van der Waals surface area (Å²) in [7, 11) is -1.94. The number of hydrogen-bond donors (Lipinski definition) is 1. The Bertz CT molecular complexity index is 1340. The van der Waals surface area contributed by atoms with Gasteiger partial charge in [-0.25, -0.2) is 0 Å². The summed E-state index contributed by atoms with van der Waals surface area (Å²) in [5.41, 5.74) is 15.6. The van der Waals surface area contributed by atoms with Crippen molar-refractivity contribution in [3.8, 4) is 11.5 Å². The van der Waals surface area contributed by atoms with Crippen LogP contribution in [0.4, 0.5) is 0 Å². The fraction of sp³-hybridized carbons (Fsp3) is 0.375. The van der Waals surface area contributed by atoms with Gasteiger partial charge in [0.25, 0.3) is 0 Å². The molecule has 1 N–H and O–H groups in total. The summed E-state index contributed by atoms with van der Waals surface area (Å²) in [5, 5.41) is 15.8. The topological polar surface area (TPSA) is 106 Å². The Morgan fingerprint density at radius 2 is 1.32 bits per heavy atom. The second kappa shape index (κ2) is 14.4. The van der Waals surface area contributed by atoms with Crippen molar-refractivity contribution in [3.63, 3.8) is 0 Å². The summed E-state index contributed by atoms with van der Waals surface area (Å²) >= 11 is 0. The van der Waals surface area contributed by atoms with Gasteiger partial charge in [-0.1, -0.05) is 116 Å². The Hall–Kier alpha value is -3.45. The highest BCUT2D eigenvalue weighted by Crippen LogP contribution is 2.35. The number of aliphatic hydroxyl groups is 1. The molecule has 3 aromatic carbocycles. The number of hydrogen-bond acceptors (Lipinski definition) is 6. The van der Waals surface area contributed by atoms with Crippen molar-refractivity contribution in [2.24, 2.45) is 5.11 Å². The first-order valence-corrected chi connectivity index (χ1v) is 17.2. The molecule has 1 aliphatic rings. The quantitative estimate of drug-likeness (QED) is 0.0996. The molecule has 1 fully saturated rings. The summed E-state index contributed by atoms with van der Waals surface area (Å²) in [5.74, 6) is 0.827. The maximum atomic E-state index is 11.9. The van der Waals surface area contributed by atoms with Crippen LogP contribution in [0.25, 0.3) is 10.4 Å². The molecule has 214 valence electrons. The van der Waals surface area contributed by atoms with E-state index >= 15 is 0 Å². The molecule has 0 bridgehead atoms. The van der Waals surface area contributed by atoms with Crippen LogP contribution in [0, 0.1) is 11.5 Å². The molecule has 41 heavy (non-hydrogen) atoms. The zero-order valence-corrected chi connectivity index (χ0v) is 24.7. The van der Waals surface area contributed by atoms with Crippen molar-refractivity contribution in [3.05, 3.63) is 118 Å². The standard InChI is InChI=1S/C32H37N3O5Si/c1-41(2,3)20-19-32(36)31(34-35-33)30(39-23-27-17-11-6-12-18-27)29(38-22-26-15-9-5-10-16-26)28(40-32)24-37-21-25-13-7-4-8-14-25/h4-18,28-31,36H,21-24H2,1-3H3/t28-,29+,30+,31-,32?/m1/s1. The molecule has 1 heterocycles. The van der Waals surface area contributed by atoms with Crippen molar-refractivity contribution in [2.45, 2.75) is 69.6 Å². The van der Waals surface area contributed by atoms with Crippen molar-refractivity contribution in [2.75, 3.05) is 6.61 Å². The zero-order chi connectivity index (χ0) is 29.1. The van der Waals surface area contributed by atoms with E-state index in [9.17, 15) is 10.6 Å². The first-order valence-electron chi connectivity index (χ1n) is 13.7. The van der Waals surface area contributed by atoms with Gasteiger partial charge >= 0.3 is 0 Å². The number of ether oxygens (including phenoxy) is 4. The normalized spacial score (nSPS) is 24.1. The van der Waals surface area contributed by atoms with E-state index in [0.717, 1.165) is 16.7 Å². The third-order valence-electron chi connectivity index (χ3n) is 6.49. The van der Waals surface area contributed by atoms with Gasteiger partial charge in [-0.3, -0.25) is 0 Å². The second-order valence-electron chi connectivity index (χ2n) is 11.0. The minimum atomic E-state index is -2.10. The van der Waals surface area contributed by atoms with Gasteiger partial charge in [-0.15, -0.1) is 5.54 Å². The van der Waals surface area contributed by atoms with Crippen LogP contribution in [0.1, 0.15) is 16.7 Å². The first kappa shape index (κ1) is 30.5. The van der Waals surface area contributed by atoms with E-state index in [1.165, 1.54) is 0 Å². The van der Waals surface area contributed by atoms with Gasteiger partial charge in [-0.2, -0.15) is 0 Å². The first-order chi connectivity index (χ1) is 19.8. The SMILES string of the molecule is C[Si](C)(C)C#CC1(O)O[C@H](COCc2ccccc2)[C@H](OCc2ccccc2)[C@H](OCc2ccccc2)[C@H]1N=[N+]=[N-]. The second-order valence-corrected chi connectivity index (χ2v) is 15.8. The number of azide groups is 1. The number of rotatable bonds is 11. The molecule has 1 saturated heterocycles. The molecule has 9 heteroatoms. The monoisotopic (exact) mass is 571 g/mol. The van der Waals surface area contributed by atoms with Crippen molar-refractivity contribution in [1.29, 1.82) is 0 Å². The summed E-state index contributed by atoms with van der Waals surface area (Å²) in [4.78, 5) is 3.05. The predicted molar refractivity (Wildman–Crippen MR) is 160 cm³/mol. The average Bonchev–Trinajstić information content (AvgIpc) is 2.97. The van der Waals surface area contributed by atoms with Gasteiger partial charge in [0.15, 0.2) is 0 Å². The van der Waals surface area contributed by atoms with Gasteiger partial charge in [0.2, 0.25) is 5.79 Å². The molecule has 1 unspecified atom stereocenters. The molecule has 5 atom stereocenters. The summed E-state index contributed by atoms with van der Waals surface area (Å²) in [6.45, 7) is 7.10. The fourth-order valence-corrected chi connectivity index (χ4v) is 5.03. The lowest BCUT2D eigenvalue weighted by atomic mass is 9.90. The van der Waals surface area contributed by atoms with Crippen LogP contribution < -0.4 is 0 Å². The number of benzene rings is 3. The molecule has 0 aliphatic carbocycles. The smallest absolute Gasteiger partial charge is 0.242 e.